The molecule has 0 aliphatic heterocycles. The van der Waals surface area contributed by atoms with E-state index >= 15 is 0 Å². The average molecular weight is 435 g/mol. The standard InChI is InChI=1S/C20H21NO10/c1-14(22)31-18-6-3-2-5-17(18)20(24)29-13-28-19(23)15-7-9-16(10-8-15)27-11-4-12-30-21(25)26/h2-3,5-10,25-26H,4,11-13H2,1H3. The van der Waals surface area contributed by atoms with Gasteiger partial charge >= 0.3 is 17.9 Å². The highest BCUT2D eigenvalue weighted by Gasteiger charge is 2.16. The van der Waals surface area contributed by atoms with Crippen LogP contribution in [-0.4, -0.2) is 53.7 Å². The second kappa shape index (κ2) is 12.2. The fraction of sp³-hybridized carbons (Fsp3) is 0.250. The van der Waals surface area contributed by atoms with Crippen LogP contribution < -0.4 is 9.47 Å². The molecule has 0 spiro atoms. The van der Waals surface area contributed by atoms with Crippen LogP contribution in [0.5, 0.6) is 11.5 Å². The fourth-order valence-corrected chi connectivity index (χ4v) is 2.26. The van der Waals surface area contributed by atoms with Crippen LogP contribution in [0.15, 0.2) is 48.5 Å². The van der Waals surface area contributed by atoms with Crippen molar-refractivity contribution in [1.82, 2.24) is 5.39 Å². The van der Waals surface area contributed by atoms with E-state index in [-0.39, 0.29) is 35.5 Å². The maximum atomic E-state index is 12.1. The molecular formula is C20H21NO10. The lowest BCUT2D eigenvalue weighted by Crippen LogP contribution is -2.16. The molecule has 2 aromatic carbocycles. The quantitative estimate of drug-likeness (QED) is 0.177. The van der Waals surface area contributed by atoms with Gasteiger partial charge in [0.05, 0.1) is 24.2 Å². The van der Waals surface area contributed by atoms with E-state index in [4.69, 9.17) is 29.4 Å². The van der Waals surface area contributed by atoms with E-state index in [2.05, 4.69) is 4.84 Å². The lowest BCUT2D eigenvalue weighted by Gasteiger charge is -2.10. The van der Waals surface area contributed by atoms with E-state index in [1.54, 1.807) is 24.3 Å². The molecule has 0 unspecified atom stereocenters. The fourth-order valence-electron chi connectivity index (χ4n) is 2.26. The van der Waals surface area contributed by atoms with E-state index < -0.39 is 24.7 Å². The lowest BCUT2D eigenvalue weighted by molar-refractivity contribution is -0.492. The molecule has 11 nitrogen and oxygen atoms in total. The van der Waals surface area contributed by atoms with Crippen molar-refractivity contribution < 1.29 is 48.6 Å². The molecule has 11 heteroatoms. The lowest BCUT2D eigenvalue weighted by atomic mass is 10.2. The molecule has 0 bridgehead atoms. The molecular weight excluding hydrogens is 414 g/mol. The summed E-state index contributed by atoms with van der Waals surface area (Å²) in [6.07, 6.45) is 0.396. The molecule has 0 heterocycles. The van der Waals surface area contributed by atoms with Gasteiger partial charge in [-0.1, -0.05) is 12.1 Å². The zero-order valence-electron chi connectivity index (χ0n) is 16.6. The Hall–Kier alpha value is -3.51. The summed E-state index contributed by atoms with van der Waals surface area (Å²) >= 11 is 0. The number of hydrogen-bond acceptors (Lipinski definition) is 11. The van der Waals surface area contributed by atoms with Gasteiger partial charge in [-0.3, -0.25) is 20.0 Å². The summed E-state index contributed by atoms with van der Waals surface area (Å²) < 4.78 is 20.2. The van der Waals surface area contributed by atoms with Crippen molar-refractivity contribution in [3.63, 3.8) is 0 Å². The van der Waals surface area contributed by atoms with Gasteiger partial charge in [-0.05, 0) is 36.4 Å². The smallest absolute Gasteiger partial charge is 0.344 e. The van der Waals surface area contributed by atoms with Crippen LogP contribution in [0, 0.1) is 0 Å². The monoisotopic (exact) mass is 435 g/mol. The van der Waals surface area contributed by atoms with Gasteiger partial charge < -0.3 is 18.9 Å². The van der Waals surface area contributed by atoms with Gasteiger partial charge in [0.1, 0.15) is 17.1 Å². The summed E-state index contributed by atoms with van der Waals surface area (Å²) in [5.74, 6) is -1.60. The number of ether oxygens (including phenoxy) is 4. The molecule has 0 saturated carbocycles. The zero-order valence-corrected chi connectivity index (χ0v) is 16.6. The summed E-state index contributed by atoms with van der Waals surface area (Å²) in [4.78, 5) is 39.7. The Morgan fingerprint density at radius 1 is 0.903 bits per heavy atom. The van der Waals surface area contributed by atoms with Crippen molar-refractivity contribution in [2.75, 3.05) is 20.0 Å². The highest BCUT2D eigenvalue weighted by molar-refractivity contribution is 5.93. The van der Waals surface area contributed by atoms with Crippen molar-refractivity contribution >= 4 is 17.9 Å². The number of esters is 3. The van der Waals surface area contributed by atoms with Crippen LogP contribution in [0.25, 0.3) is 0 Å². The second-order valence-corrected chi connectivity index (χ2v) is 5.88. The van der Waals surface area contributed by atoms with Crippen LogP contribution in [0.3, 0.4) is 0 Å². The summed E-state index contributed by atoms with van der Waals surface area (Å²) in [6, 6.07) is 12.0. The number of rotatable bonds is 11. The first kappa shape index (κ1) is 23.8. The summed E-state index contributed by atoms with van der Waals surface area (Å²) in [5, 5.41) is 16.4. The minimum absolute atomic E-state index is 0.0198. The first-order valence-corrected chi connectivity index (χ1v) is 9.02. The van der Waals surface area contributed by atoms with E-state index in [1.165, 1.54) is 31.2 Å². The molecule has 0 aromatic heterocycles. The van der Waals surface area contributed by atoms with Gasteiger partial charge in [-0.25, -0.2) is 9.59 Å². The largest absolute Gasteiger partial charge is 0.494 e. The zero-order chi connectivity index (χ0) is 22.6. The highest BCUT2D eigenvalue weighted by Crippen LogP contribution is 2.19. The van der Waals surface area contributed by atoms with Gasteiger partial charge in [-0.2, -0.15) is 0 Å². The number of carbonyl (C=O) groups is 3. The molecule has 2 rings (SSSR count). The molecule has 0 fully saturated rings. The minimum atomic E-state index is -0.817. The van der Waals surface area contributed by atoms with E-state index in [0.29, 0.717) is 12.2 Å². The van der Waals surface area contributed by atoms with Crippen LogP contribution in [-0.2, 0) is 19.1 Å². The number of nitrogens with zero attached hydrogens (tertiary/aromatic N) is 1. The molecule has 2 N–H and O–H groups in total. The Bertz CT molecular complexity index is 882. The van der Waals surface area contributed by atoms with Crippen LogP contribution in [0.1, 0.15) is 34.1 Å². The topological polar surface area (TPSA) is 141 Å². The van der Waals surface area contributed by atoms with Gasteiger partial charge in [0.15, 0.2) is 0 Å². The Morgan fingerprint density at radius 2 is 1.58 bits per heavy atom. The average Bonchev–Trinajstić information content (AvgIpc) is 2.73. The second-order valence-electron chi connectivity index (χ2n) is 5.88. The Morgan fingerprint density at radius 3 is 2.26 bits per heavy atom. The minimum Gasteiger partial charge on any atom is -0.494 e. The molecule has 0 amide bonds. The maximum Gasteiger partial charge on any atom is 0.344 e. The molecule has 0 aliphatic rings. The van der Waals surface area contributed by atoms with Crippen LogP contribution in [0.2, 0.25) is 0 Å². The molecule has 2 aromatic rings. The number of benzene rings is 2. The summed E-state index contributed by atoms with van der Waals surface area (Å²) in [7, 11) is 0. The van der Waals surface area contributed by atoms with Crippen molar-refractivity contribution in [3.8, 4) is 11.5 Å². The normalized spacial score (nSPS) is 10.5. The SMILES string of the molecule is CC(=O)Oc1ccccc1C(=O)OCOC(=O)c1ccc(OCCCON(O)O)cc1. The summed E-state index contributed by atoms with van der Waals surface area (Å²) in [6.45, 7) is 0.872. The number of carbonyl (C=O) groups excluding carboxylic acids is 3. The third-order valence-corrected chi connectivity index (χ3v) is 3.59. The predicted octanol–water partition coefficient (Wildman–Crippen LogP) is 2.36. The van der Waals surface area contributed by atoms with E-state index in [1.807, 2.05) is 0 Å². The maximum absolute atomic E-state index is 12.1. The van der Waals surface area contributed by atoms with Gasteiger partial charge in [0.2, 0.25) is 6.79 Å². The molecule has 0 saturated heterocycles. The number of para-hydroxylation sites is 1. The van der Waals surface area contributed by atoms with E-state index in [0.717, 1.165) is 0 Å². The number of hydrogen-bond donors (Lipinski definition) is 2. The Kier molecular flexibility index (Phi) is 9.39. The predicted molar refractivity (Wildman–Crippen MR) is 101 cm³/mol. The molecule has 166 valence electrons. The van der Waals surface area contributed by atoms with Crippen molar-refractivity contribution in [1.29, 1.82) is 0 Å². The summed E-state index contributed by atoms with van der Waals surface area (Å²) in [5.41, 5.74) is 0.231. The third kappa shape index (κ3) is 8.40. The van der Waals surface area contributed by atoms with Crippen LogP contribution >= 0.6 is 0 Å². The first-order valence-electron chi connectivity index (χ1n) is 9.02. The van der Waals surface area contributed by atoms with Gasteiger partial charge in [0.25, 0.3) is 0 Å². The molecule has 0 aliphatic carbocycles. The molecule has 0 radical (unpaired) electrons. The molecule has 31 heavy (non-hydrogen) atoms. The Balaban J connectivity index is 1.77. The van der Waals surface area contributed by atoms with Gasteiger partial charge in [-0.15, -0.1) is 0 Å². The Labute approximate surface area is 177 Å². The first-order chi connectivity index (χ1) is 14.9. The van der Waals surface area contributed by atoms with Crippen molar-refractivity contribution in [2.45, 2.75) is 13.3 Å². The third-order valence-electron chi connectivity index (χ3n) is 3.59. The highest BCUT2D eigenvalue weighted by atomic mass is 17.1. The van der Waals surface area contributed by atoms with Gasteiger partial charge in [0, 0.05) is 13.3 Å². The molecule has 0 atom stereocenters. The van der Waals surface area contributed by atoms with Crippen molar-refractivity contribution in [2.24, 2.45) is 0 Å². The van der Waals surface area contributed by atoms with Crippen LogP contribution in [0.4, 0.5) is 0 Å². The van der Waals surface area contributed by atoms with E-state index in [9.17, 15) is 14.4 Å². The van der Waals surface area contributed by atoms with Crippen molar-refractivity contribution in [3.05, 3.63) is 59.7 Å².